The first-order valence-corrected chi connectivity index (χ1v) is 6.46. The zero-order valence-corrected chi connectivity index (χ0v) is 11.7. The van der Waals surface area contributed by atoms with Gasteiger partial charge >= 0.3 is 0 Å². The zero-order valence-electron chi connectivity index (χ0n) is 10.1. The summed E-state index contributed by atoms with van der Waals surface area (Å²) < 4.78 is 19.7. The number of nitrogens with zero attached hydrogens (tertiary/aromatic N) is 1. The van der Waals surface area contributed by atoms with Crippen LogP contribution in [-0.2, 0) is 0 Å². The lowest BCUT2D eigenvalue weighted by molar-refractivity contribution is 0.415. The van der Waals surface area contributed by atoms with Crippen molar-refractivity contribution in [3.8, 4) is 17.1 Å². The molecule has 0 aliphatic rings. The van der Waals surface area contributed by atoms with Crippen LogP contribution in [0.4, 0.5) is 4.39 Å². The number of fused-ring (bicyclic) bond motifs is 1. The molecule has 0 radical (unpaired) electrons. The second-order valence-electron chi connectivity index (χ2n) is 4.07. The molecule has 0 aliphatic heterocycles. The number of methoxy groups -OCH3 is 1. The number of imidazole rings is 1. The molecule has 0 saturated carbocycles. The van der Waals surface area contributed by atoms with E-state index in [-0.39, 0.29) is 5.82 Å². The number of ether oxygens (including phenoxy) is 1. The van der Waals surface area contributed by atoms with Crippen molar-refractivity contribution >= 4 is 27.0 Å². The van der Waals surface area contributed by atoms with Crippen molar-refractivity contribution in [3.05, 3.63) is 46.7 Å². The Hall–Kier alpha value is -1.88. The van der Waals surface area contributed by atoms with Gasteiger partial charge in [-0.2, -0.15) is 0 Å². The van der Waals surface area contributed by atoms with Crippen LogP contribution in [0.3, 0.4) is 0 Å². The molecular formula is C14H10BrFN2O. The minimum atomic E-state index is -0.334. The van der Waals surface area contributed by atoms with E-state index in [0.29, 0.717) is 16.9 Å². The number of nitrogens with one attached hydrogen (secondary N) is 1. The highest BCUT2D eigenvalue weighted by atomic mass is 79.9. The smallest absolute Gasteiger partial charge is 0.151 e. The Bertz CT molecular complexity index is 754. The number of aromatic amines is 1. The Labute approximate surface area is 117 Å². The summed E-state index contributed by atoms with van der Waals surface area (Å²) in [5, 5.41) is 0. The fourth-order valence-electron chi connectivity index (χ4n) is 1.94. The second kappa shape index (κ2) is 4.66. The first-order chi connectivity index (χ1) is 9.19. The zero-order chi connectivity index (χ0) is 13.4. The summed E-state index contributed by atoms with van der Waals surface area (Å²) in [7, 11) is 1.60. The predicted molar refractivity (Wildman–Crippen MR) is 75.7 cm³/mol. The predicted octanol–water partition coefficient (Wildman–Crippen LogP) is 4.14. The molecule has 19 heavy (non-hydrogen) atoms. The van der Waals surface area contributed by atoms with E-state index in [1.807, 2.05) is 18.2 Å². The standard InChI is InChI=1S/C14H10BrFN2O/c1-19-8-5-6-10(15)9(7-8)14-17-12-4-2-3-11(16)13(12)18-14/h2-7H,1H3,(H,17,18). The molecule has 0 spiro atoms. The van der Waals surface area contributed by atoms with Gasteiger partial charge in [-0.25, -0.2) is 9.37 Å². The molecule has 0 saturated heterocycles. The lowest BCUT2D eigenvalue weighted by Crippen LogP contribution is -1.87. The van der Waals surface area contributed by atoms with Crippen molar-refractivity contribution < 1.29 is 9.13 Å². The molecule has 0 atom stereocenters. The van der Waals surface area contributed by atoms with E-state index < -0.39 is 0 Å². The summed E-state index contributed by atoms with van der Waals surface area (Å²) in [6.45, 7) is 0. The van der Waals surface area contributed by atoms with Crippen molar-refractivity contribution in [3.63, 3.8) is 0 Å². The van der Waals surface area contributed by atoms with Crippen LogP contribution in [0.5, 0.6) is 5.75 Å². The largest absolute Gasteiger partial charge is 0.497 e. The van der Waals surface area contributed by atoms with E-state index in [0.717, 1.165) is 15.8 Å². The molecule has 1 aromatic heterocycles. The Kier molecular flexibility index (Phi) is 2.98. The monoisotopic (exact) mass is 320 g/mol. The molecule has 3 rings (SSSR count). The molecular weight excluding hydrogens is 311 g/mol. The number of benzene rings is 2. The maximum atomic E-state index is 13.6. The normalized spacial score (nSPS) is 10.9. The van der Waals surface area contributed by atoms with Crippen LogP contribution in [0, 0.1) is 5.82 Å². The molecule has 3 nitrogen and oxygen atoms in total. The molecule has 0 fully saturated rings. The average molecular weight is 321 g/mol. The molecule has 0 bridgehead atoms. The Morgan fingerprint density at radius 2 is 2.11 bits per heavy atom. The maximum absolute atomic E-state index is 13.6. The molecule has 0 aliphatic carbocycles. The van der Waals surface area contributed by atoms with Crippen LogP contribution in [0.2, 0.25) is 0 Å². The van der Waals surface area contributed by atoms with Crippen LogP contribution >= 0.6 is 15.9 Å². The van der Waals surface area contributed by atoms with E-state index in [2.05, 4.69) is 25.9 Å². The highest BCUT2D eigenvalue weighted by Crippen LogP contribution is 2.31. The topological polar surface area (TPSA) is 37.9 Å². The number of halogens is 2. The first kappa shape index (κ1) is 12.2. The number of aromatic nitrogens is 2. The third-order valence-corrected chi connectivity index (χ3v) is 3.58. The summed E-state index contributed by atoms with van der Waals surface area (Å²) in [5.74, 6) is 0.990. The van der Waals surface area contributed by atoms with E-state index in [4.69, 9.17) is 4.74 Å². The highest BCUT2D eigenvalue weighted by Gasteiger charge is 2.12. The van der Waals surface area contributed by atoms with Gasteiger partial charge in [0, 0.05) is 10.0 Å². The van der Waals surface area contributed by atoms with Crippen molar-refractivity contribution in [2.75, 3.05) is 7.11 Å². The lowest BCUT2D eigenvalue weighted by Gasteiger charge is -2.04. The summed E-state index contributed by atoms with van der Waals surface area (Å²) in [4.78, 5) is 7.41. The van der Waals surface area contributed by atoms with Crippen LogP contribution in [0.1, 0.15) is 0 Å². The van der Waals surface area contributed by atoms with Gasteiger partial charge in [0.2, 0.25) is 0 Å². The fraction of sp³-hybridized carbons (Fsp3) is 0.0714. The third kappa shape index (κ3) is 2.10. The quantitative estimate of drug-likeness (QED) is 0.770. The summed E-state index contributed by atoms with van der Waals surface area (Å²) in [6.07, 6.45) is 0. The summed E-state index contributed by atoms with van der Waals surface area (Å²) in [5.41, 5.74) is 1.84. The van der Waals surface area contributed by atoms with E-state index in [1.54, 1.807) is 19.2 Å². The Morgan fingerprint density at radius 3 is 2.84 bits per heavy atom. The molecule has 0 unspecified atom stereocenters. The number of para-hydroxylation sites is 1. The first-order valence-electron chi connectivity index (χ1n) is 5.67. The van der Waals surface area contributed by atoms with Crippen molar-refractivity contribution in [2.45, 2.75) is 0 Å². The van der Waals surface area contributed by atoms with Crippen molar-refractivity contribution in [2.24, 2.45) is 0 Å². The minimum Gasteiger partial charge on any atom is -0.497 e. The molecule has 5 heteroatoms. The Morgan fingerprint density at radius 1 is 1.26 bits per heavy atom. The summed E-state index contributed by atoms with van der Waals surface area (Å²) >= 11 is 3.46. The van der Waals surface area contributed by atoms with E-state index >= 15 is 0 Å². The molecule has 96 valence electrons. The fourth-order valence-corrected chi connectivity index (χ4v) is 2.37. The minimum absolute atomic E-state index is 0.334. The summed E-state index contributed by atoms with van der Waals surface area (Å²) in [6, 6.07) is 10.4. The third-order valence-electron chi connectivity index (χ3n) is 2.89. The number of rotatable bonds is 2. The maximum Gasteiger partial charge on any atom is 0.151 e. The van der Waals surface area contributed by atoms with Crippen molar-refractivity contribution in [1.82, 2.24) is 9.97 Å². The van der Waals surface area contributed by atoms with E-state index in [1.165, 1.54) is 6.07 Å². The number of hydrogen-bond donors (Lipinski definition) is 1. The number of H-pyrrole nitrogens is 1. The van der Waals surface area contributed by atoms with Crippen LogP contribution in [-0.4, -0.2) is 17.1 Å². The van der Waals surface area contributed by atoms with Gasteiger partial charge in [0.1, 0.15) is 17.1 Å². The van der Waals surface area contributed by atoms with Gasteiger partial charge in [-0.3, -0.25) is 0 Å². The van der Waals surface area contributed by atoms with Gasteiger partial charge in [0.05, 0.1) is 12.6 Å². The molecule has 2 aromatic carbocycles. The highest BCUT2D eigenvalue weighted by molar-refractivity contribution is 9.10. The molecule has 1 heterocycles. The van der Waals surface area contributed by atoms with Gasteiger partial charge in [-0.1, -0.05) is 22.0 Å². The van der Waals surface area contributed by atoms with Crippen LogP contribution < -0.4 is 4.74 Å². The van der Waals surface area contributed by atoms with Crippen LogP contribution in [0.15, 0.2) is 40.9 Å². The lowest BCUT2D eigenvalue weighted by atomic mass is 10.2. The molecule has 3 aromatic rings. The van der Waals surface area contributed by atoms with E-state index in [9.17, 15) is 4.39 Å². The molecule has 1 N–H and O–H groups in total. The van der Waals surface area contributed by atoms with Gasteiger partial charge in [-0.05, 0) is 30.3 Å². The second-order valence-corrected chi connectivity index (χ2v) is 4.92. The SMILES string of the molecule is COc1ccc(Br)c(-c2nc3c(F)cccc3[nH]2)c1. The average Bonchev–Trinajstić information content (AvgIpc) is 2.84. The van der Waals surface area contributed by atoms with Gasteiger partial charge < -0.3 is 9.72 Å². The molecule has 0 amide bonds. The van der Waals surface area contributed by atoms with Crippen molar-refractivity contribution in [1.29, 1.82) is 0 Å². The van der Waals surface area contributed by atoms with Gasteiger partial charge in [0.25, 0.3) is 0 Å². The number of hydrogen-bond acceptors (Lipinski definition) is 2. The van der Waals surface area contributed by atoms with Gasteiger partial charge in [0.15, 0.2) is 5.82 Å². The van der Waals surface area contributed by atoms with Gasteiger partial charge in [-0.15, -0.1) is 0 Å². The Balaban J connectivity index is 2.21. The van der Waals surface area contributed by atoms with Crippen LogP contribution in [0.25, 0.3) is 22.4 Å².